The van der Waals surface area contributed by atoms with E-state index in [1.807, 2.05) is 4.68 Å². The molecule has 5 rings (SSSR count). The molecule has 0 unspecified atom stereocenters. The van der Waals surface area contributed by atoms with Gasteiger partial charge in [0.25, 0.3) is 0 Å². The van der Waals surface area contributed by atoms with Crippen molar-refractivity contribution in [1.82, 2.24) is 29.5 Å². The Balaban J connectivity index is 1.62. The van der Waals surface area contributed by atoms with Crippen molar-refractivity contribution in [3.63, 3.8) is 0 Å². The summed E-state index contributed by atoms with van der Waals surface area (Å²) in [6.07, 6.45) is 3.72. The number of nitrogens with two attached hydrogens (primary N) is 1. The number of carbonyl (C=O) groups is 1. The highest BCUT2D eigenvalue weighted by Crippen LogP contribution is 2.34. The SMILES string of the molecule is C=CC(=O)N1CC[C@H](n2nc(C#Cc3c(F)c(OC)cc(OC)c3F)c3c(N)ncc(CN4CCN(CC)CC4)c32)C1. The molecule has 0 bridgehead atoms. The van der Waals surface area contributed by atoms with E-state index in [9.17, 15) is 4.79 Å². The fourth-order valence-corrected chi connectivity index (χ4v) is 5.62. The molecule has 222 valence electrons. The van der Waals surface area contributed by atoms with Crippen LogP contribution < -0.4 is 15.2 Å². The molecule has 1 atom stereocenters. The molecule has 0 aliphatic carbocycles. The molecule has 2 aliphatic rings. The Morgan fingerprint density at radius 2 is 1.79 bits per heavy atom. The van der Waals surface area contributed by atoms with Crippen LogP contribution in [-0.4, -0.2) is 95.4 Å². The molecule has 1 aromatic carbocycles. The van der Waals surface area contributed by atoms with Gasteiger partial charge in [0.05, 0.1) is 31.2 Å². The van der Waals surface area contributed by atoms with Crippen molar-refractivity contribution >= 4 is 22.6 Å². The Labute approximate surface area is 243 Å². The van der Waals surface area contributed by atoms with Gasteiger partial charge < -0.3 is 25.0 Å². The van der Waals surface area contributed by atoms with Crippen LogP contribution in [0.1, 0.15) is 36.2 Å². The molecule has 2 saturated heterocycles. The van der Waals surface area contributed by atoms with Gasteiger partial charge in [-0.3, -0.25) is 14.4 Å². The zero-order valence-electron chi connectivity index (χ0n) is 24.1. The standard InChI is InChI=1S/C30H35F2N7O3/c1-5-25(40)38-10-9-20(18-38)39-29-19(17-37-13-11-36(6-2)12-14-37)16-34-30(33)26(29)22(35-39)8-7-21-27(31)23(41-3)15-24(42-4)28(21)32/h5,15-16,20H,1,6,9-14,17-18H2,2-4H3,(H2,33,34)/t20-/m0/s1. The highest BCUT2D eigenvalue weighted by atomic mass is 19.1. The number of nitrogen functional groups attached to an aromatic ring is 1. The summed E-state index contributed by atoms with van der Waals surface area (Å²) in [7, 11) is 2.56. The molecule has 2 fully saturated rings. The molecule has 10 nitrogen and oxygen atoms in total. The third-order valence-electron chi connectivity index (χ3n) is 8.01. The predicted octanol–water partition coefficient (Wildman–Crippen LogP) is 2.81. The van der Waals surface area contributed by atoms with Gasteiger partial charge in [0.15, 0.2) is 23.1 Å². The number of likely N-dealkylation sites (tertiary alicyclic amines) is 1. The van der Waals surface area contributed by atoms with E-state index in [4.69, 9.17) is 20.3 Å². The van der Waals surface area contributed by atoms with Crippen LogP contribution in [0.3, 0.4) is 0 Å². The molecular formula is C30H35F2N7O3. The largest absolute Gasteiger partial charge is 0.493 e. The molecular weight excluding hydrogens is 544 g/mol. The molecule has 42 heavy (non-hydrogen) atoms. The Bertz CT molecular complexity index is 1540. The molecule has 0 spiro atoms. The number of methoxy groups -OCH3 is 2. The van der Waals surface area contributed by atoms with Crippen molar-refractivity contribution < 1.29 is 23.0 Å². The number of anilines is 1. The summed E-state index contributed by atoms with van der Waals surface area (Å²) >= 11 is 0. The van der Waals surface area contributed by atoms with Crippen molar-refractivity contribution in [3.8, 4) is 23.3 Å². The number of benzene rings is 1. The van der Waals surface area contributed by atoms with E-state index in [0.717, 1.165) is 49.9 Å². The fraction of sp³-hybridized carbons (Fsp3) is 0.433. The molecule has 2 N–H and O–H groups in total. The fourth-order valence-electron chi connectivity index (χ4n) is 5.62. The lowest BCUT2D eigenvalue weighted by molar-refractivity contribution is -0.125. The number of carbonyl (C=O) groups excluding carboxylic acids is 1. The third-order valence-corrected chi connectivity index (χ3v) is 8.01. The maximum absolute atomic E-state index is 15.1. The van der Waals surface area contributed by atoms with Gasteiger partial charge in [-0.15, -0.1) is 0 Å². The lowest BCUT2D eigenvalue weighted by atomic mass is 10.1. The van der Waals surface area contributed by atoms with E-state index in [-0.39, 0.29) is 35.0 Å². The Hall–Kier alpha value is -4.21. The van der Waals surface area contributed by atoms with Crippen molar-refractivity contribution in [1.29, 1.82) is 0 Å². The number of amides is 1. The highest BCUT2D eigenvalue weighted by Gasteiger charge is 2.31. The number of hydrogen-bond donors (Lipinski definition) is 1. The first kappa shape index (κ1) is 29.3. The van der Waals surface area contributed by atoms with Crippen LogP contribution in [0.4, 0.5) is 14.6 Å². The molecule has 2 aromatic heterocycles. The van der Waals surface area contributed by atoms with Gasteiger partial charge in [0, 0.05) is 63.6 Å². The number of ether oxygens (including phenoxy) is 2. The Kier molecular flexibility index (Phi) is 8.61. The summed E-state index contributed by atoms with van der Waals surface area (Å²) in [4.78, 5) is 23.3. The number of piperazine rings is 1. The summed E-state index contributed by atoms with van der Waals surface area (Å²) in [5, 5.41) is 5.33. The van der Waals surface area contributed by atoms with Crippen LogP contribution in [0.5, 0.6) is 11.5 Å². The van der Waals surface area contributed by atoms with Gasteiger partial charge in [-0.1, -0.05) is 19.4 Å². The topological polar surface area (TPSA) is 102 Å². The minimum absolute atomic E-state index is 0.151. The number of pyridine rings is 1. The van der Waals surface area contributed by atoms with Gasteiger partial charge in [0.2, 0.25) is 5.91 Å². The lowest BCUT2D eigenvalue weighted by Gasteiger charge is -2.34. The first-order valence-corrected chi connectivity index (χ1v) is 13.9. The maximum atomic E-state index is 15.1. The van der Waals surface area contributed by atoms with Gasteiger partial charge >= 0.3 is 0 Å². The summed E-state index contributed by atoms with van der Waals surface area (Å²) in [6.45, 7) is 12.1. The van der Waals surface area contributed by atoms with Gasteiger partial charge in [-0.05, 0) is 25.0 Å². The summed E-state index contributed by atoms with van der Waals surface area (Å²) < 4.78 is 42.1. The van der Waals surface area contributed by atoms with Crippen molar-refractivity contribution in [2.24, 2.45) is 0 Å². The van der Waals surface area contributed by atoms with Crippen molar-refractivity contribution in [2.45, 2.75) is 25.9 Å². The number of halogens is 2. The lowest BCUT2D eigenvalue weighted by Crippen LogP contribution is -2.45. The smallest absolute Gasteiger partial charge is 0.246 e. The first-order chi connectivity index (χ1) is 20.3. The molecule has 3 aromatic rings. The highest BCUT2D eigenvalue weighted by molar-refractivity contribution is 5.95. The van der Waals surface area contributed by atoms with Gasteiger partial charge in [-0.2, -0.15) is 5.10 Å². The van der Waals surface area contributed by atoms with Crippen molar-refractivity contribution in [2.75, 3.05) is 65.8 Å². The van der Waals surface area contributed by atoms with E-state index in [2.05, 4.69) is 40.1 Å². The molecule has 12 heteroatoms. The number of likely N-dealkylation sites (N-methyl/N-ethyl adjacent to an activating group) is 1. The summed E-state index contributed by atoms with van der Waals surface area (Å²) in [5.41, 5.74) is 7.81. The molecule has 4 heterocycles. The molecule has 1 amide bonds. The van der Waals surface area contributed by atoms with E-state index < -0.39 is 17.2 Å². The molecule has 2 aliphatic heterocycles. The number of rotatable bonds is 7. The van der Waals surface area contributed by atoms with E-state index in [0.29, 0.717) is 31.4 Å². The normalized spacial score (nSPS) is 17.7. The van der Waals surface area contributed by atoms with Crippen LogP contribution in [0, 0.1) is 23.5 Å². The zero-order valence-corrected chi connectivity index (χ0v) is 24.1. The average molecular weight is 580 g/mol. The Morgan fingerprint density at radius 3 is 2.40 bits per heavy atom. The second-order valence-electron chi connectivity index (χ2n) is 10.4. The summed E-state index contributed by atoms with van der Waals surface area (Å²) in [6, 6.07) is 0.972. The summed E-state index contributed by atoms with van der Waals surface area (Å²) in [5.74, 6) is 3.23. The van der Waals surface area contributed by atoms with E-state index in [1.54, 1.807) is 11.1 Å². The molecule has 0 radical (unpaired) electrons. The maximum Gasteiger partial charge on any atom is 0.246 e. The minimum atomic E-state index is -0.945. The van der Waals surface area contributed by atoms with E-state index in [1.165, 1.54) is 20.3 Å². The second-order valence-corrected chi connectivity index (χ2v) is 10.4. The van der Waals surface area contributed by atoms with Crippen molar-refractivity contribution in [3.05, 3.63) is 53.4 Å². The number of aromatic nitrogens is 3. The first-order valence-electron chi connectivity index (χ1n) is 13.9. The van der Waals surface area contributed by atoms with Crippen LogP contribution in [0.25, 0.3) is 10.9 Å². The van der Waals surface area contributed by atoms with Crippen LogP contribution in [0.15, 0.2) is 24.9 Å². The number of nitrogens with zero attached hydrogens (tertiary/aromatic N) is 6. The third kappa shape index (κ3) is 5.49. The predicted molar refractivity (Wildman–Crippen MR) is 155 cm³/mol. The van der Waals surface area contributed by atoms with Gasteiger partial charge in [0.1, 0.15) is 17.1 Å². The zero-order chi connectivity index (χ0) is 30.0. The Morgan fingerprint density at radius 1 is 1.12 bits per heavy atom. The number of hydrogen-bond acceptors (Lipinski definition) is 8. The monoisotopic (exact) mass is 579 g/mol. The second kappa shape index (κ2) is 12.3. The number of fused-ring (bicyclic) bond motifs is 1. The minimum Gasteiger partial charge on any atom is -0.493 e. The quantitative estimate of drug-likeness (QED) is 0.337. The average Bonchev–Trinajstić information content (AvgIpc) is 3.65. The van der Waals surface area contributed by atoms with Crippen LogP contribution >= 0.6 is 0 Å². The van der Waals surface area contributed by atoms with Crippen LogP contribution in [-0.2, 0) is 11.3 Å². The molecule has 0 saturated carbocycles. The van der Waals surface area contributed by atoms with Gasteiger partial charge in [-0.25, -0.2) is 13.8 Å². The van der Waals surface area contributed by atoms with Crippen LogP contribution in [0.2, 0.25) is 0 Å². The van der Waals surface area contributed by atoms with E-state index >= 15 is 8.78 Å².